The van der Waals surface area contributed by atoms with Crippen LogP contribution in [0.5, 0.6) is 0 Å². The normalized spacial score (nSPS) is 8.86. The summed E-state index contributed by atoms with van der Waals surface area (Å²) in [4.78, 5) is 13.8. The minimum Gasteiger partial charge on any atom is -0.478 e. The molecular formula is C7H9N5O2. The molecule has 0 atom stereocenters. The fourth-order valence-electron chi connectivity index (χ4n) is 0.523. The number of rotatable bonds is 2. The molecule has 0 aliphatic rings. The number of hydrazone groups is 1. The van der Waals surface area contributed by atoms with Crippen LogP contribution in [0.3, 0.4) is 0 Å². The number of nitrogens with one attached hydrogen (secondary N) is 1. The molecule has 0 saturated carbocycles. The van der Waals surface area contributed by atoms with Crippen LogP contribution in [-0.4, -0.2) is 22.4 Å². The van der Waals surface area contributed by atoms with Crippen LogP contribution >= 0.6 is 0 Å². The minimum absolute atomic E-state index is 0.220. The van der Waals surface area contributed by atoms with Gasteiger partial charge in [0.25, 0.3) is 0 Å². The molecule has 0 radical (unpaired) electrons. The highest BCUT2D eigenvalue weighted by molar-refractivity contribution is 5.86. The van der Waals surface area contributed by atoms with E-state index in [1.165, 1.54) is 18.5 Å². The minimum atomic E-state index is -0.942. The number of carboxylic acid groups (broad SMARTS) is 1. The predicted molar refractivity (Wildman–Crippen MR) is 49.0 cm³/mol. The van der Waals surface area contributed by atoms with E-state index in [-0.39, 0.29) is 5.56 Å². The molecule has 1 rings (SSSR count). The fraction of sp³-hybridized carbons (Fsp3) is 0. The molecule has 0 aliphatic carbocycles. The van der Waals surface area contributed by atoms with Crippen molar-refractivity contribution in [3.63, 3.8) is 0 Å². The van der Waals surface area contributed by atoms with Crippen LogP contribution in [0, 0.1) is 5.53 Å². The quantitative estimate of drug-likeness (QED) is 0.211. The summed E-state index contributed by atoms with van der Waals surface area (Å²) in [5, 5.41) is 13.9. The van der Waals surface area contributed by atoms with Crippen molar-refractivity contribution in [2.75, 3.05) is 0 Å². The van der Waals surface area contributed by atoms with E-state index in [0.717, 1.165) is 6.34 Å². The van der Waals surface area contributed by atoms with Crippen molar-refractivity contribution < 1.29 is 9.90 Å². The lowest BCUT2D eigenvalue weighted by Crippen LogP contribution is -1.94. The van der Waals surface area contributed by atoms with Crippen molar-refractivity contribution in [3.8, 4) is 0 Å². The van der Waals surface area contributed by atoms with Crippen molar-refractivity contribution in [1.29, 1.82) is 5.53 Å². The largest absolute Gasteiger partial charge is 0.478 e. The second-order valence-corrected chi connectivity index (χ2v) is 1.94. The number of aromatic nitrogens is 1. The molecular weight excluding hydrogens is 186 g/mol. The summed E-state index contributed by atoms with van der Waals surface area (Å²) in [7, 11) is 0. The highest BCUT2D eigenvalue weighted by atomic mass is 16.4. The molecule has 1 heterocycles. The zero-order chi connectivity index (χ0) is 10.8. The molecule has 14 heavy (non-hydrogen) atoms. The van der Waals surface area contributed by atoms with Gasteiger partial charge in [-0.05, 0) is 12.1 Å². The van der Waals surface area contributed by atoms with Gasteiger partial charge in [0.05, 0.1) is 5.56 Å². The van der Waals surface area contributed by atoms with E-state index in [0.29, 0.717) is 0 Å². The third-order valence-electron chi connectivity index (χ3n) is 1.03. The van der Waals surface area contributed by atoms with Gasteiger partial charge in [0.2, 0.25) is 0 Å². The topological polar surface area (TPSA) is 125 Å². The smallest absolute Gasteiger partial charge is 0.337 e. The Balaban J connectivity index is 0.000000292. The number of aromatic carboxylic acids is 1. The van der Waals surface area contributed by atoms with Crippen molar-refractivity contribution in [3.05, 3.63) is 30.1 Å². The maximum Gasteiger partial charge on any atom is 0.337 e. The van der Waals surface area contributed by atoms with Crippen LogP contribution in [0.4, 0.5) is 0 Å². The van der Waals surface area contributed by atoms with Gasteiger partial charge in [-0.25, -0.2) is 10.3 Å². The molecule has 1 aromatic heterocycles. The van der Waals surface area contributed by atoms with Crippen LogP contribution in [-0.2, 0) is 0 Å². The Morgan fingerprint density at radius 1 is 1.71 bits per heavy atom. The lowest BCUT2D eigenvalue weighted by atomic mass is 10.3. The predicted octanol–water partition coefficient (Wildman–Crippen LogP) is 0.699. The van der Waals surface area contributed by atoms with Crippen LogP contribution in [0.25, 0.3) is 0 Å². The maximum atomic E-state index is 10.2. The van der Waals surface area contributed by atoms with Gasteiger partial charge in [0.15, 0.2) is 6.34 Å². The van der Waals surface area contributed by atoms with Crippen molar-refractivity contribution >= 4 is 12.3 Å². The fourth-order valence-corrected chi connectivity index (χ4v) is 0.523. The van der Waals surface area contributed by atoms with Gasteiger partial charge >= 0.3 is 5.97 Å². The Hall–Kier alpha value is -2.31. The van der Waals surface area contributed by atoms with E-state index in [1.54, 1.807) is 6.07 Å². The highest BCUT2D eigenvalue weighted by Crippen LogP contribution is 1.92. The van der Waals surface area contributed by atoms with Gasteiger partial charge in [-0.2, -0.15) is 5.10 Å². The Morgan fingerprint density at radius 2 is 2.43 bits per heavy atom. The molecule has 0 saturated heterocycles. The second-order valence-electron chi connectivity index (χ2n) is 1.94. The molecule has 1 aromatic rings. The lowest BCUT2D eigenvalue weighted by Gasteiger charge is -1.87. The number of carbonyl (C=O) groups is 1. The van der Waals surface area contributed by atoms with Gasteiger partial charge in [-0.15, -0.1) is 5.11 Å². The zero-order valence-electron chi connectivity index (χ0n) is 7.16. The zero-order valence-corrected chi connectivity index (χ0v) is 7.16. The van der Waals surface area contributed by atoms with Gasteiger partial charge in [0.1, 0.15) is 0 Å². The maximum absolute atomic E-state index is 10.2. The lowest BCUT2D eigenvalue weighted by molar-refractivity contribution is 0.0696. The third kappa shape index (κ3) is 5.35. The average Bonchev–Trinajstić information content (AvgIpc) is 2.21. The molecule has 0 unspecified atom stereocenters. The van der Waals surface area contributed by atoms with Crippen LogP contribution in [0.1, 0.15) is 10.4 Å². The first-order chi connectivity index (χ1) is 6.72. The monoisotopic (exact) mass is 195 g/mol. The number of nitrogens with two attached hydrogens (primary N) is 1. The summed E-state index contributed by atoms with van der Waals surface area (Å²) in [6.45, 7) is 0. The average molecular weight is 195 g/mol. The van der Waals surface area contributed by atoms with Crippen LogP contribution in [0.15, 0.2) is 34.7 Å². The number of carboxylic acids is 1. The molecule has 7 nitrogen and oxygen atoms in total. The summed E-state index contributed by atoms with van der Waals surface area (Å²) < 4.78 is 0. The molecule has 4 N–H and O–H groups in total. The Bertz CT molecular complexity index is 311. The van der Waals surface area contributed by atoms with E-state index in [2.05, 4.69) is 21.0 Å². The van der Waals surface area contributed by atoms with Gasteiger partial charge in [0, 0.05) is 12.4 Å². The van der Waals surface area contributed by atoms with E-state index in [4.69, 9.17) is 10.6 Å². The number of hydrogen-bond donors (Lipinski definition) is 3. The molecule has 0 spiro atoms. The van der Waals surface area contributed by atoms with Crippen molar-refractivity contribution in [2.45, 2.75) is 0 Å². The molecule has 0 bridgehead atoms. The Labute approximate surface area is 79.8 Å². The number of hydrogen-bond acceptors (Lipinski definition) is 5. The van der Waals surface area contributed by atoms with Gasteiger partial charge in [-0.1, -0.05) is 0 Å². The molecule has 0 fully saturated rings. The second kappa shape index (κ2) is 7.35. The standard InChI is InChI=1S/C6H5NO2.CH4N4/c8-6(9)5-2-1-3-7-4-5;2-4-1-5-3/h1-4H,(H,8,9);1-2H,3H2. The molecule has 0 aliphatic heterocycles. The summed E-state index contributed by atoms with van der Waals surface area (Å²) in [6.07, 6.45) is 3.79. The number of nitrogens with zero attached hydrogens (tertiary/aromatic N) is 3. The first-order valence-electron chi connectivity index (χ1n) is 3.44. The SMILES string of the molecule is N=NC=NN.O=C(O)c1cccnc1. The van der Waals surface area contributed by atoms with E-state index in [9.17, 15) is 4.79 Å². The molecule has 74 valence electrons. The van der Waals surface area contributed by atoms with Gasteiger partial charge < -0.3 is 10.9 Å². The number of pyridine rings is 1. The molecule has 7 heteroatoms. The van der Waals surface area contributed by atoms with Crippen molar-refractivity contribution in [2.24, 2.45) is 16.1 Å². The first-order valence-corrected chi connectivity index (χ1v) is 3.44. The Morgan fingerprint density at radius 3 is 2.64 bits per heavy atom. The van der Waals surface area contributed by atoms with Crippen LogP contribution < -0.4 is 5.84 Å². The van der Waals surface area contributed by atoms with E-state index < -0.39 is 5.97 Å². The summed E-state index contributed by atoms with van der Waals surface area (Å²) in [6, 6.07) is 3.08. The van der Waals surface area contributed by atoms with E-state index in [1.807, 2.05) is 0 Å². The van der Waals surface area contributed by atoms with Crippen LogP contribution in [0.2, 0.25) is 0 Å². The first kappa shape index (κ1) is 11.7. The van der Waals surface area contributed by atoms with Crippen molar-refractivity contribution in [1.82, 2.24) is 4.98 Å². The molecule has 0 aromatic carbocycles. The summed E-state index contributed by atoms with van der Waals surface area (Å²) >= 11 is 0. The van der Waals surface area contributed by atoms with E-state index >= 15 is 0 Å². The summed E-state index contributed by atoms with van der Waals surface area (Å²) in [5.41, 5.74) is 6.22. The molecule has 0 amide bonds. The van der Waals surface area contributed by atoms with Gasteiger partial charge in [-0.3, -0.25) is 4.98 Å². The third-order valence-corrected chi connectivity index (χ3v) is 1.03. The highest BCUT2D eigenvalue weighted by Gasteiger charge is 1.97. The Kier molecular flexibility index (Phi) is 6.13. The summed E-state index contributed by atoms with van der Waals surface area (Å²) in [5.74, 6) is 3.55.